The minimum Gasteiger partial charge on any atom is -0.372 e. The maximum absolute atomic E-state index is 5.93. The van der Waals surface area contributed by atoms with Crippen LogP contribution in [0.25, 0.3) is 0 Å². The normalized spacial score (nSPS) is 26.0. The van der Waals surface area contributed by atoms with Crippen LogP contribution in [0.4, 0.5) is 0 Å². The van der Waals surface area contributed by atoms with Gasteiger partial charge in [-0.3, -0.25) is 0 Å². The van der Waals surface area contributed by atoms with Gasteiger partial charge in [-0.1, -0.05) is 6.42 Å². The van der Waals surface area contributed by atoms with Crippen LogP contribution in [0.1, 0.15) is 24.1 Å². The van der Waals surface area contributed by atoms with Crippen LogP contribution in [0.15, 0.2) is 15.9 Å². The highest BCUT2D eigenvalue weighted by Gasteiger charge is 2.26. The summed E-state index contributed by atoms with van der Waals surface area (Å²) < 4.78 is 7.09. The minimum absolute atomic E-state index is 0.379. The Kier molecular flexibility index (Phi) is 4.20. The Hall–Kier alpha value is 0.100. The zero-order valence-electron chi connectivity index (χ0n) is 8.62. The van der Waals surface area contributed by atoms with E-state index in [4.69, 9.17) is 10.5 Å². The maximum Gasteiger partial charge on any atom is 0.0824 e. The second-order valence-electron chi connectivity index (χ2n) is 3.97. The number of hydrogen-bond acceptors (Lipinski definition) is 3. The number of ether oxygens (including phenoxy) is 1. The molecule has 1 aliphatic carbocycles. The van der Waals surface area contributed by atoms with Crippen molar-refractivity contribution in [2.45, 2.75) is 32.0 Å². The number of hydrogen-bond donors (Lipinski definition) is 1. The summed E-state index contributed by atoms with van der Waals surface area (Å²) in [6.45, 7) is 1.48. The van der Waals surface area contributed by atoms with Crippen molar-refractivity contribution in [3.8, 4) is 0 Å². The van der Waals surface area contributed by atoms with Crippen LogP contribution in [0.3, 0.4) is 0 Å². The molecule has 0 spiro atoms. The van der Waals surface area contributed by atoms with E-state index in [9.17, 15) is 0 Å². The molecule has 0 aliphatic heterocycles. The zero-order valence-corrected chi connectivity index (χ0v) is 11.0. The molecule has 2 atom stereocenters. The van der Waals surface area contributed by atoms with Gasteiger partial charge < -0.3 is 10.5 Å². The third-order valence-corrected chi connectivity index (χ3v) is 4.91. The lowest BCUT2D eigenvalue weighted by molar-refractivity contribution is 0.0194. The molecule has 2 rings (SSSR count). The zero-order chi connectivity index (χ0) is 10.7. The smallest absolute Gasteiger partial charge is 0.0824 e. The van der Waals surface area contributed by atoms with E-state index in [2.05, 4.69) is 27.4 Å². The first-order chi connectivity index (χ1) is 7.31. The topological polar surface area (TPSA) is 35.2 Å². The van der Waals surface area contributed by atoms with Crippen molar-refractivity contribution < 1.29 is 4.74 Å². The first kappa shape index (κ1) is 11.6. The predicted molar refractivity (Wildman–Crippen MR) is 67.0 cm³/mol. The van der Waals surface area contributed by atoms with Gasteiger partial charge in [0, 0.05) is 9.35 Å². The minimum atomic E-state index is 0.379. The summed E-state index contributed by atoms with van der Waals surface area (Å²) in [4.78, 5) is 1.28. The van der Waals surface area contributed by atoms with Gasteiger partial charge in [-0.15, -0.1) is 11.3 Å². The van der Waals surface area contributed by atoms with E-state index in [1.54, 1.807) is 11.3 Å². The molecule has 0 saturated heterocycles. The maximum atomic E-state index is 5.93. The second-order valence-corrected chi connectivity index (χ2v) is 5.82. The molecule has 1 fully saturated rings. The molecule has 0 bridgehead atoms. The van der Waals surface area contributed by atoms with Crippen molar-refractivity contribution in [3.63, 3.8) is 0 Å². The molecule has 1 aliphatic rings. The van der Waals surface area contributed by atoms with Crippen molar-refractivity contribution in [2.75, 3.05) is 6.54 Å². The fraction of sp³-hybridized carbons (Fsp3) is 0.636. The Bertz CT molecular complexity index is 315. The summed E-state index contributed by atoms with van der Waals surface area (Å²) in [5, 5.41) is 2.08. The average Bonchev–Trinajstić information content (AvgIpc) is 2.83. The Morgan fingerprint density at radius 1 is 1.53 bits per heavy atom. The molecule has 1 aromatic heterocycles. The first-order valence-electron chi connectivity index (χ1n) is 5.35. The standard InChI is InChI=1S/C11H16BrNOS/c12-9-4-5-15-11(9)7-14-10-3-1-2-8(10)6-13/h4-5,8,10H,1-3,6-7,13H2. The summed E-state index contributed by atoms with van der Waals surface area (Å²) in [5.74, 6) is 0.573. The number of halogens is 1. The summed E-state index contributed by atoms with van der Waals surface area (Å²) in [6.07, 6.45) is 4.04. The van der Waals surface area contributed by atoms with E-state index < -0.39 is 0 Å². The van der Waals surface area contributed by atoms with Gasteiger partial charge in [0.1, 0.15) is 0 Å². The van der Waals surface area contributed by atoms with Crippen LogP contribution in [0.5, 0.6) is 0 Å². The molecule has 0 radical (unpaired) electrons. The Labute approximate surface area is 103 Å². The fourth-order valence-electron chi connectivity index (χ4n) is 2.10. The third-order valence-electron chi connectivity index (χ3n) is 3.01. The Balaban J connectivity index is 1.85. The van der Waals surface area contributed by atoms with E-state index in [0.717, 1.165) is 17.6 Å². The van der Waals surface area contributed by atoms with Crippen molar-refractivity contribution in [1.29, 1.82) is 0 Å². The van der Waals surface area contributed by atoms with E-state index in [-0.39, 0.29) is 0 Å². The molecule has 2 nitrogen and oxygen atoms in total. The van der Waals surface area contributed by atoms with Crippen LogP contribution in [-0.2, 0) is 11.3 Å². The van der Waals surface area contributed by atoms with Gasteiger partial charge in [0.05, 0.1) is 12.7 Å². The molecule has 1 saturated carbocycles. The molecule has 1 heterocycles. The molecule has 84 valence electrons. The van der Waals surface area contributed by atoms with E-state index in [1.807, 2.05) is 0 Å². The van der Waals surface area contributed by atoms with Gasteiger partial charge >= 0.3 is 0 Å². The Morgan fingerprint density at radius 3 is 3.07 bits per heavy atom. The van der Waals surface area contributed by atoms with Crippen molar-refractivity contribution in [2.24, 2.45) is 11.7 Å². The summed E-state index contributed by atoms with van der Waals surface area (Å²) >= 11 is 5.25. The fourth-order valence-corrected chi connectivity index (χ4v) is 3.49. The van der Waals surface area contributed by atoms with Gasteiger partial charge in [0.2, 0.25) is 0 Å². The lowest BCUT2D eigenvalue weighted by atomic mass is 10.1. The van der Waals surface area contributed by atoms with Crippen molar-refractivity contribution >= 4 is 27.3 Å². The number of nitrogens with two attached hydrogens (primary N) is 1. The highest BCUT2D eigenvalue weighted by molar-refractivity contribution is 9.10. The highest BCUT2D eigenvalue weighted by Crippen LogP contribution is 2.30. The summed E-state index contributed by atoms with van der Waals surface area (Å²) in [7, 11) is 0. The number of rotatable bonds is 4. The predicted octanol–water partition coefficient (Wildman–Crippen LogP) is 3.15. The van der Waals surface area contributed by atoms with Gasteiger partial charge in [-0.25, -0.2) is 0 Å². The first-order valence-corrected chi connectivity index (χ1v) is 7.02. The van der Waals surface area contributed by atoms with Crippen LogP contribution in [0, 0.1) is 5.92 Å². The van der Waals surface area contributed by atoms with Crippen LogP contribution < -0.4 is 5.73 Å². The Morgan fingerprint density at radius 2 is 2.40 bits per heavy atom. The van der Waals surface area contributed by atoms with Crippen molar-refractivity contribution in [1.82, 2.24) is 0 Å². The van der Waals surface area contributed by atoms with Crippen LogP contribution in [0.2, 0.25) is 0 Å². The molecule has 4 heteroatoms. The van der Waals surface area contributed by atoms with Crippen molar-refractivity contribution in [3.05, 3.63) is 20.8 Å². The molecule has 1 aromatic rings. The summed E-state index contributed by atoms with van der Waals surface area (Å²) in [5.41, 5.74) is 5.72. The second kappa shape index (κ2) is 5.43. The lowest BCUT2D eigenvalue weighted by Gasteiger charge is -2.18. The van der Waals surface area contributed by atoms with Gasteiger partial charge in [-0.05, 0) is 52.7 Å². The third kappa shape index (κ3) is 2.81. The van der Waals surface area contributed by atoms with Gasteiger partial charge in [0.25, 0.3) is 0 Å². The molecule has 0 amide bonds. The molecule has 2 N–H and O–H groups in total. The van der Waals surface area contributed by atoms with Gasteiger partial charge in [-0.2, -0.15) is 0 Å². The number of thiophene rings is 1. The van der Waals surface area contributed by atoms with E-state index >= 15 is 0 Å². The van der Waals surface area contributed by atoms with E-state index in [1.165, 1.54) is 24.1 Å². The van der Waals surface area contributed by atoms with Crippen LogP contribution >= 0.6 is 27.3 Å². The molecule has 15 heavy (non-hydrogen) atoms. The molecular formula is C11H16BrNOS. The SMILES string of the molecule is NCC1CCCC1OCc1sccc1Br. The lowest BCUT2D eigenvalue weighted by Crippen LogP contribution is -2.25. The average molecular weight is 290 g/mol. The molecule has 0 aromatic carbocycles. The van der Waals surface area contributed by atoms with Crippen LogP contribution in [-0.4, -0.2) is 12.6 Å². The van der Waals surface area contributed by atoms with Gasteiger partial charge in [0.15, 0.2) is 0 Å². The molecular weight excluding hydrogens is 274 g/mol. The largest absolute Gasteiger partial charge is 0.372 e. The highest BCUT2D eigenvalue weighted by atomic mass is 79.9. The monoisotopic (exact) mass is 289 g/mol. The van der Waals surface area contributed by atoms with E-state index in [0.29, 0.717) is 12.0 Å². The summed E-state index contributed by atoms with van der Waals surface area (Å²) in [6, 6.07) is 2.07. The quantitative estimate of drug-likeness (QED) is 0.924. The molecule has 2 unspecified atom stereocenters.